The summed E-state index contributed by atoms with van der Waals surface area (Å²) in [6, 6.07) is 7.44. The molecule has 0 aliphatic heterocycles. The van der Waals surface area contributed by atoms with Crippen LogP contribution in [0.15, 0.2) is 36.7 Å². The number of fused-ring (bicyclic) bond motifs is 1. The number of carbonyl (C=O) groups is 1. The monoisotopic (exact) mass is 302 g/mol. The van der Waals surface area contributed by atoms with Crippen molar-refractivity contribution in [3.8, 4) is 0 Å². The first-order chi connectivity index (χ1) is 10.1. The summed E-state index contributed by atoms with van der Waals surface area (Å²) in [5.41, 5.74) is 2.61. The average Bonchev–Trinajstić information content (AvgIpc) is 3.05. The van der Waals surface area contributed by atoms with Gasteiger partial charge in [0.2, 0.25) is 0 Å². The van der Waals surface area contributed by atoms with Crippen LogP contribution in [0.1, 0.15) is 16.1 Å². The lowest BCUT2D eigenvalue weighted by molar-refractivity contribution is 0.0948. The zero-order valence-corrected chi connectivity index (χ0v) is 12.3. The third-order valence-corrected chi connectivity index (χ3v) is 3.59. The molecule has 6 heteroatoms. The average molecular weight is 303 g/mol. The van der Waals surface area contributed by atoms with Crippen molar-refractivity contribution in [3.63, 3.8) is 0 Å². The van der Waals surface area contributed by atoms with Crippen molar-refractivity contribution < 1.29 is 4.79 Å². The molecule has 0 aliphatic rings. The molecule has 0 bridgehead atoms. The minimum Gasteiger partial charge on any atom is -0.361 e. The Balaban J connectivity index is 1.64. The zero-order chi connectivity index (χ0) is 14.8. The summed E-state index contributed by atoms with van der Waals surface area (Å²) < 4.78 is 1.61. The number of rotatable bonds is 4. The van der Waals surface area contributed by atoms with E-state index in [0.29, 0.717) is 17.3 Å². The Kier molecular flexibility index (Phi) is 3.66. The Morgan fingerprint density at radius 2 is 2.29 bits per heavy atom. The van der Waals surface area contributed by atoms with Crippen molar-refractivity contribution in [2.75, 3.05) is 6.54 Å². The molecule has 0 spiro atoms. The van der Waals surface area contributed by atoms with Crippen LogP contribution in [-0.4, -0.2) is 27.2 Å². The van der Waals surface area contributed by atoms with Crippen molar-refractivity contribution in [3.05, 3.63) is 52.9 Å². The summed E-state index contributed by atoms with van der Waals surface area (Å²) in [7, 11) is 1.78. The minimum absolute atomic E-state index is 0.159. The first-order valence-corrected chi connectivity index (χ1v) is 7.04. The second-order valence-corrected chi connectivity index (χ2v) is 5.32. The first kappa shape index (κ1) is 13.7. The third kappa shape index (κ3) is 2.92. The Bertz CT molecular complexity index is 790. The van der Waals surface area contributed by atoms with E-state index in [0.717, 1.165) is 22.9 Å². The number of hydrogen-bond donors (Lipinski definition) is 2. The van der Waals surface area contributed by atoms with Crippen LogP contribution in [0.4, 0.5) is 0 Å². The van der Waals surface area contributed by atoms with Crippen LogP contribution in [0.5, 0.6) is 0 Å². The minimum atomic E-state index is -0.159. The van der Waals surface area contributed by atoms with Gasteiger partial charge in [-0.2, -0.15) is 5.10 Å². The highest BCUT2D eigenvalue weighted by Crippen LogP contribution is 2.22. The van der Waals surface area contributed by atoms with Crippen LogP contribution < -0.4 is 5.32 Å². The second kappa shape index (κ2) is 5.61. The summed E-state index contributed by atoms with van der Waals surface area (Å²) in [5.74, 6) is -0.159. The Labute approximate surface area is 126 Å². The number of halogens is 1. The maximum Gasteiger partial charge on any atom is 0.271 e. The molecule has 108 valence electrons. The fraction of sp³-hybridized carbons (Fsp3) is 0.200. The summed E-state index contributed by atoms with van der Waals surface area (Å²) in [5, 5.41) is 8.74. The molecule has 0 radical (unpaired) electrons. The quantitative estimate of drug-likeness (QED) is 0.778. The van der Waals surface area contributed by atoms with Gasteiger partial charge in [-0.25, -0.2) is 0 Å². The van der Waals surface area contributed by atoms with Gasteiger partial charge in [0, 0.05) is 41.9 Å². The molecule has 2 N–H and O–H groups in total. The van der Waals surface area contributed by atoms with Crippen LogP contribution in [0, 0.1) is 0 Å². The number of nitrogens with zero attached hydrogens (tertiary/aromatic N) is 2. The molecule has 21 heavy (non-hydrogen) atoms. The Morgan fingerprint density at radius 1 is 1.43 bits per heavy atom. The lowest BCUT2D eigenvalue weighted by Gasteiger charge is -2.03. The van der Waals surface area contributed by atoms with Crippen molar-refractivity contribution in [2.45, 2.75) is 6.42 Å². The number of aromatic amines is 1. The fourth-order valence-electron chi connectivity index (χ4n) is 2.29. The van der Waals surface area contributed by atoms with Gasteiger partial charge in [-0.05, 0) is 36.2 Å². The van der Waals surface area contributed by atoms with E-state index in [-0.39, 0.29) is 5.91 Å². The predicted octanol–water partition coefficient (Wildman–Crippen LogP) is 2.53. The molecule has 3 aromatic rings. The number of benzene rings is 1. The highest BCUT2D eigenvalue weighted by atomic mass is 35.5. The van der Waals surface area contributed by atoms with Crippen LogP contribution in [0.2, 0.25) is 5.02 Å². The normalized spacial score (nSPS) is 11.0. The summed E-state index contributed by atoms with van der Waals surface area (Å²) in [6.07, 6.45) is 4.43. The number of nitrogens with one attached hydrogen (secondary N) is 2. The van der Waals surface area contributed by atoms with Gasteiger partial charge in [0.1, 0.15) is 5.69 Å². The maximum atomic E-state index is 11.9. The number of aromatic nitrogens is 3. The maximum absolute atomic E-state index is 11.9. The predicted molar refractivity (Wildman–Crippen MR) is 82.6 cm³/mol. The van der Waals surface area contributed by atoms with Gasteiger partial charge in [-0.1, -0.05) is 11.6 Å². The van der Waals surface area contributed by atoms with Crippen molar-refractivity contribution in [2.24, 2.45) is 7.05 Å². The van der Waals surface area contributed by atoms with Crippen LogP contribution in [0.3, 0.4) is 0 Å². The molecule has 0 fully saturated rings. The first-order valence-electron chi connectivity index (χ1n) is 6.67. The molecule has 0 unspecified atom stereocenters. The van der Waals surface area contributed by atoms with Gasteiger partial charge in [-0.3, -0.25) is 9.48 Å². The Hall–Kier alpha value is -2.27. The molecule has 1 aromatic carbocycles. The molecule has 0 saturated carbocycles. The molecule has 0 saturated heterocycles. The van der Waals surface area contributed by atoms with Crippen LogP contribution in [0.25, 0.3) is 10.9 Å². The zero-order valence-electron chi connectivity index (χ0n) is 11.6. The van der Waals surface area contributed by atoms with E-state index in [2.05, 4.69) is 15.4 Å². The van der Waals surface area contributed by atoms with Gasteiger partial charge in [-0.15, -0.1) is 0 Å². The summed E-state index contributed by atoms with van der Waals surface area (Å²) in [4.78, 5) is 15.1. The third-order valence-electron chi connectivity index (χ3n) is 3.36. The lowest BCUT2D eigenvalue weighted by Crippen LogP contribution is -2.26. The largest absolute Gasteiger partial charge is 0.361 e. The highest BCUT2D eigenvalue weighted by molar-refractivity contribution is 6.31. The van der Waals surface area contributed by atoms with Gasteiger partial charge in [0.25, 0.3) is 5.91 Å². The molecule has 0 aliphatic carbocycles. The number of H-pyrrole nitrogens is 1. The number of hydrogen-bond acceptors (Lipinski definition) is 2. The van der Waals surface area contributed by atoms with Crippen LogP contribution in [-0.2, 0) is 13.5 Å². The second-order valence-electron chi connectivity index (χ2n) is 4.88. The molecule has 3 rings (SSSR count). The fourth-order valence-corrected chi connectivity index (χ4v) is 2.47. The van der Waals surface area contributed by atoms with Crippen LogP contribution >= 0.6 is 11.6 Å². The molecule has 1 amide bonds. The SMILES string of the molecule is Cn1ccc(C(=O)NCCc2c[nH]c3ccc(Cl)cc23)n1. The van der Waals surface area contributed by atoms with Crippen molar-refractivity contribution >= 4 is 28.4 Å². The van der Waals surface area contributed by atoms with Gasteiger partial charge >= 0.3 is 0 Å². The number of amides is 1. The standard InChI is InChI=1S/C15H15ClN4O/c1-20-7-5-14(19-20)15(21)17-6-4-10-9-18-13-3-2-11(16)8-12(10)13/h2-3,5,7-9,18H,4,6H2,1H3,(H,17,21). The highest BCUT2D eigenvalue weighted by Gasteiger charge is 2.09. The molecule has 2 aromatic heterocycles. The smallest absolute Gasteiger partial charge is 0.271 e. The molecule has 0 atom stereocenters. The summed E-state index contributed by atoms with van der Waals surface area (Å²) >= 11 is 6.02. The topological polar surface area (TPSA) is 62.7 Å². The van der Waals surface area contributed by atoms with E-state index in [1.54, 1.807) is 24.0 Å². The van der Waals surface area contributed by atoms with E-state index >= 15 is 0 Å². The molecule has 5 nitrogen and oxygen atoms in total. The van der Waals surface area contributed by atoms with E-state index < -0.39 is 0 Å². The number of carbonyl (C=O) groups excluding carboxylic acids is 1. The van der Waals surface area contributed by atoms with Gasteiger partial charge in [0.15, 0.2) is 0 Å². The molecular formula is C15H15ClN4O. The van der Waals surface area contributed by atoms with Gasteiger partial charge < -0.3 is 10.3 Å². The van der Waals surface area contributed by atoms with Crippen molar-refractivity contribution in [1.29, 1.82) is 0 Å². The molecular weight excluding hydrogens is 288 g/mol. The number of aryl methyl sites for hydroxylation is 1. The Morgan fingerprint density at radius 3 is 3.05 bits per heavy atom. The van der Waals surface area contributed by atoms with E-state index in [1.807, 2.05) is 24.4 Å². The van der Waals surface area contributed by atoms with E-state index in [4.69, 9.17) is 11.6 Å². The van der Waals surface area contributed by atoms with Crippen molar-refractivity contribution in [1.82, 2.24) is 20.1 Å². The van der Waals surface area contributed by atoms with E-state index in [1.165, 1.54) is 0 Å². The lowest BCUT2D eigenvalue weighted by atomic mass is 10.1. The van der Waals surface area contributed by atoms with E-state index in [9.17, 15) is 4.79 Å². The van der Waals surface area contributed by atoms with Gasteiger partial charge in [0.05, 0.1) is 0 Å². The summed E-state index contributed by atoms with van der Waals surface area (Å²) in [6.45, 7) is 0.550. The molecule has 2 heterocycles.